The molecule has 0 spiro atoms. The molecule has 1 heterocycles. The molecule has 0 amide bonds. The lowest BCUT2D eigenvalue weighted by Crippen LogP contribution is -2.25. The summed E-state index contributed by atoms with van der Waals surface area (Å²) in [4.78, 5) is 16.2. The zero-order valence-corrected chi connectivity index (χ0v) is 8.84. The summed E-state index contributed by atoms with van der Waals surface area (Å²) in [7, 11) is 0. The molecule has 1 aliphatic rings. The third-order valence-electron chi connectivity index (χ3n) is 3.22. The number of carbonyl (C=O) groups excluding carboxylic acids is 1. The summed E-state index contributed by atoms with van der Waals surface area (Å²) in [5.74, 6) is 0.135. The van der Waals surface area contributed by atoms with E-state index >= 15 is 0 Å². The number of hydrogen-bond donors (Lipinski definition) is 0. The molecule has 1 fully saturated rings. The van der Waals surface area contributed by atoms with Gasteiger partial charge in [0.05, 0.1) is 5.41 Å². The van der Waals surface area contributed by atoms with Crippen molar-refractivity contribution in [2.75, 3.05) is 0 Å². The van der Waals surface area contributed by atoms with Gasteiger partial charge in [0.2, 0.25) is 5.91 Å². The van der Waals surface area contributed by atoms with Gasteiger partial charge in [-0.15, -0.1) is 0 Å². The molecule has 1 aliphatic carbocycles. The molecule has 3 nitrogen and oxygen atoms in total. The van der Waals surface area contributed by atoms with Crippen LogP contribution in [0.1, 0.15) is 23.2 Å². The van der Waals surface area contributed by atoms with Crippen LogP contribution in [0.4, 0.5) is 0 Å². The second-order valence-electron chi connectivity index (χ2n) is 4.22. The second kappa shape index (κ2) is 3.30. The quantitative estimate of drug-likeness (QED) is 0.765. The first-order chi connectivity index (χ1) is 7.83. The first-order valence-corrected chi connectivity index (χ1v) is 5.41. The van der Waals surface area contributed by atoms with Crippen molar-refractivity contribution in [3.8, 4) is 0 Å². The van der Waals surface area contributed by atoms with Crippen LogP contribution >= 0.6 is 0 Å². The fourth-order valence-electron chi connectivity index (χ4n) is 2.13. The summed E-state index contributed by atoms with van der Waals surface area (Å²) in [5, 5.41) is 0. The van der Waals surface area contributed by atoms with E-state index in [1.807, 2.05) is 30.3 Å². The predicted octanol–water partition coefficient (Wildman–Crippen LogP) is 2.26. The number of carbonyl (C=O) groups is 1. The van der Waals surface area contributed by atoms with Crippen molar-refractivity contribution in [3.63, 3.8) is 0 Å². The summed E-state index contributed by atoms with van der Waals surface area (Å²) in [5.41, 5.74) is 0.829. The third-order valence-corrected chi connectivity index (χ3v) is 3.22. The lowest BCUT2D eigenvalue weighted by atomic mass is 9.95. The Bertz CT molecular complexity index is 498. The van der Waals surface area contributed by atoms with Crippen molar-refractivity contribution < 1.29 is 4.79 Å². The minimum Gasteiger partial charge on any atom is -0.276 e. The van der Waals surface area contributed by atoms with Crippen LogP contribution < -0.4 is 0 Å². The van der Waals surface area contributed by atoms with Crippen LogP contribution in [0.3, 0.4) is 0 Å². The molecule has 1 aromatic carbocycles. The molecule has 16 heavy (non-hydrogen) atoms. The highest BCUT2D eigenvalue weighted by Gasteiger charge is 2.51. The van der Waals surface area contributed by atoms with Crippen LogP contribution in [-0.2, 0) is 5.41 Å². The van der Waals surface area contributed by atoms with E-state index in [4.69, 9.17) is 0 Å². The Morgan fingerprint density at radius 2 is 2.00 bits per heavy atom. The van der Waals surface area contributed by atoms with Gasteiger partial charge in [0.1, 0.15) is 6.33 Å². The number of benzene rings is 1. The zero-order chi connectivity index (χ0) is 11.0. The van der Waals surface area contributed by atoms with E-state index in [9.17, 15) is 4.79 Å². The summed E-state index contributed by atoms with van der Waals surface area (Å²) >= 11 is 0. The standard InChI is InChI=1S/C13H12N2O/c16-12(15-9-8-14-10-15)13(6-7-13)11-4-2-1-3-5-11/h1-5,8-10H,6-7H2. The molecule has 3 heteroatoms. The van der Waals surface area contributed by atoms with E-state index < -0.39 is 0 Å². The van der Waals surface area contributed by atoms with E-state index in [-0.39, 0.29) is 11.3 Å². The Kier molecular flexibility index (Phi) is 1.93. The van der Waals surface area contributed by atoms with Gasteiger partial charge >= 0.3 is 0 Å². The topological polar surface area (TPSA) is 34.9 Å². The number of rotatable bonds is 2. The van der Waals surface area contributed by atoms with Crippen LogP contribution in [0.5, 0.6) is 0 Å². The maximum Gasteiger partial charge on any atom is 0.242 e. The molecule has 0 unspecified atom stereocenters. The average Bonchev–Trinajstić information content (AvgIpc) is 2.97. The van der Waals surface area contributed by atoms with Gasteiger partial charge in [-0.1, -0.05) is 30.3 Å². The van der Waals surface area contributed by atoms with Gasteiger partial charge in [-0.3, -0.25) is 9.36 Å². The Hall–Kier alpha value is -1.90. The van der Waals surface area contributed by atoms with E-state index in [1.54, 1.807) is 23.3 Å². The molecule has 0 bridgehead atoms. The molecular weight excluding hydrogens is 200 g/mol. The smallest absolute Gasteiger partial charge is 0.242 e. The molecule has 0 radical (unpaired) electrons. The third kappa shape index (κ3) is 1.28. The Balaban J connectivity index is 1.98. The maximum absolute atomic E-state index is 12.3. The predicted molar refractivity (Wildman–Crippen MR) is 60.2 cm³/mol. The minimum absolute atomic E-state index is 0.135. The van der Waals surface area contributed by atoms with Gasteiger partial charge in [0, 0.05) is 12.4 Å². The normalized spacial score (nSPS) is 17.0. The maximum atomic E-state index is 12.3. The van der Waals surface area contributed by atoms with Gasteiger partial charge in [0.15, 0.2) is 0 Å². The average molecular weight is 212 g/mol. The van der Waals surface area contributed by atoms with Crippen LogP contribution in [0, 0.1) is 0 Å². The lowest BCUT2D eigenvalue weighted by molar-refractivity contribution is 0.0862. The van der Waals surface area contributed by atoms with Crippen molar-refractivity contribution in [2.45, 2.75) is 18.3 Å². The summed E-state index contributed by atoms with van der Waals surface area (Å²) in [6, 6.07) is 10.00. The molecule has 0 aliphatic heterocycles. The van der Waals surface area contributed by atoms with E-state index in [0.29, 0.717) is 0 Å². The first kappa shape index (κ1) is 9.33. The van der Waals surface area contributed by atoms with E-state index in [0.717, 1.165) is 18.4 Å². The van der Waals surface area contributed by atoms with Crippen molar-refractivity contribution >= 4 is 5.91 Å². The largest absolute Gasteiger partial charge is 0.276 e. The van der Waals surface area contributed by atoms with Crippen molar-refractivity contribution in [1.29, 1.82) is 0 Å². The zero-order valence-electron chi connectivity index (χ0n) is 8.84. The summed E-state index contributed by atoms with van der Waals surface area (Å²) in [6.45, 7) is 0. The summed E-state index contributed by atoms with van der Waals surface area (Å²) in [6.07, 6.45) is 6.80. The molecule has 1 aromatic heterocycles. The Morgan fingerprint density at radius 3 is 2.56 bits per heavy atom. The highest BCUT2D eigenvalue weighted by atomic mass is 16.2. The number of imidazole rings is 1. The monoisotopic (exact) mass is 212 g/mol. The lowest BCUT2D eigenvalue weighted by Gasteiger charge is -2.14. The minimum atomic E-state index is -0.290. The summed E-state index contributed by atoms with van der Waals surface area (Å²) < 4.78 is 1.58. The van der Waals surface area contributed by atoms with Crippen molar-refractivity contribution in [3.05, 3.63) is 54.6 Å². The van der Waals surface area contributed by atoms with Gasteiger partial charge in [0.25, 0.3) is 0 Å². The SMILES string of the molecule is O=C(n1ccnc1)C1(c2ccccc2)CC1. The highest BCUT2D eigenvalue weighted by molar-refractivity contribution is 5.93. The van der Waals surface area contributed by atoms with Crippen LogP contribution in [0.25, 0.3) is 0 Å². The fraction of sp³-hybridized carbons (Fsp3) is 0.231. The molecule has 80 valence electrons. The second-order valence-corrected chi connectivity index (χ2v) is 4.22. The number of hydrogen-bond acceptors (Lipinski definition) is 2. The van der Waals surface area contributed by atoms with E-state index in [1.165, 1.54) is 0 Å². The van der Waals surface area contributed by atoms with Crippen LogP contribution in [0.2, 0.25) is 0 Å². The van der Waals surface area contributed by atoms with Crippen LogP contribution in [-0.4, -0.2) is 15.5 Å². The molecule has 1 saturated carbocycles. The first-order valence-electron chi connectivity index (χ1n) is 5.41. The molecule has 3 rings (SSSR count). The number of aromatic nitrogens is 2. The molecular formula is C13H12N2O. The van der Waals surface area contributed by atoms with Gasteiger partial charge in [-0.2, -0.15) is 0 Å². The fourth-order valence-corrected chi connectivity index (χ4v) is 2.13. The van der Waals surface area contributed by atoms with Gasteiger partial charge in [-0.05, 0) is 18.4 Å². The molecule has 0 N–H and O–H groups in total. The Labute approximate surface area is 93.7 Å². The van der Waals surface area contributed by atoms with Crippen molar-refractivity contribution in [1.82, 2.24) is 9.55 Å². The molecule has 2 aromatic rings. The van der Waals surface area contributed by atoms with Crippen molar-refractivity contribution in [2.24, 2.45) is 0 Å². The number of nitrogens with zero attached hydrogens (tertiary/aromatic N) is 2. The molecule has 0 saturated heterocycles. The highest BCUT2D eigenvalue weighted by Crippen LogP contribution is 2.49. The van der Waals surface area contributed by atoms with Gasteiger partial charge < -0.3 is 0 Å². The Morgan fingerprint density at radius 1 is 1.25 bits per heavy atom. The molecule has 0 atom stereocenters. The van der Waals surface area contributed by atoms with Crippen LogP contribution in [0.15, 0.2) is 49.1 Å². The van der Waals surface area contributed by atoms with E-state index in [2.05, 4.69) is 4.98 Å². The van der Waals surface area contributed by atoms with Gasteiger partial charge in [-0.25, -0.2) is 4.98 Å².